The summed E-state index contributed by atoms with van der Waals surface area (Å²) in [7, 11) is 0. The molecule has 1 spiro atoms. The zero-order valence-corrected chi connectivity index (χ0v) is 11.5. The first-order valence-electron chi connectivity index (χ1n) is 6.67. The predicted molar refractivity (Wildman–Crippen MR) is 68.5 cm³/mol. The Morgan fingerprint density at radius 3 is 2.78 bits per heavy atom. The summed E-state index contributed by atoms with van der Waals surface area (Å²) >= 11 is 0. The minimum absolute atomic E-state index is 0.278. The van der Waals surface area contributed by atoms with E-state index in [4.69, 9.17) is 9.47 Å². The fourth-order valence-corrected chi connectivity index (χ4v) is 2.59. The standard InChI is InChI=1S/C13H24N2O3/c1-12(2,3)18-11(16)15-7-10-6-14-5-4-13(10)8-17-9-13/h10,14H,4-9H2,1-3H3,(H,15,16). The Kier molecular flexibility index (Phi) is 3.82. The van der Waals surface area contributed by atoms with Crippen LogP contribution in [0.5, 0.6) is 0 Å². The lowest BCUT2D eigenvalue weighted by atomic mass is 9.69. The number of amides is 1. The van der Waals surface area contributed by atoms with Gasteiger partial charge in [0.25, 0.3) is 0 Å². The van der Waals surface area contributed by atoms with Crippen LogP contribution in [0.25, 0.3) is 0 Å². The molecule has 0 radical (unpaired) electrons. The molecule has 0 bridgehead atoms. The number of carbonyl (C=O) groups excluding carboxylic acids is 1. The molecule has 1 atom stereocenters. The SMILES string of the molecule is CC(C)(C)OC(=O)NCC1CNCCC12COC2. The van der Waals surface area contributed by atoms with E-state index >= 15 is 0 Å². The van der Waals surface area contributed by atoms with Crippen molar-refractivity contribution in [3.8, 4) is 0 Å². The van der Waals surface area contributed by atoms with Crippen molar-refractivity contribution in [2.45, 2.75) is 32.8 Å². The average Bonchev–Trinajstić information content (AvgIpc) is 2.22. The van der Waals surface area contributed by atoms with Gasteiger partial charge in [0.1, 0.15) is 5.60 Å². The summed E-state index contributed by atoms with van der Waals surface area (Å²) in [4.78, 5) is 11.6. The molecule has 2 aliphatic rings. The fourth-order valence-electron chi connectivity index (χ4n) is 2.59. The van der Waals surface area contributed by atoms with E-state index in [1.807, 2.05) is 20.8 Å². The maximum atomic E-state index is 11.6. The lowest BCUT2D eigenvalue weighted by molar-refractivity contribution is -0.156. The molecule has 0 aromatic carbocycles. The molecular weight excluding hydrogens is 232 g/mol. The van der Waals surface area contributed by atoms with E-state index < -0.39 is 5.60 Å². The lowest BCUT2D eigenvalue weighted by Gasteiger charge is -2.50. The minimum Gasteiger partial charge on any atom is -0.444 e. The van der Waals surface area contributed by atoms with Gasteiger partial charge in [-0.05, 0) is 39.7 Å². The van der Waals surface area contributed by atoms with E-state index in [-0.39, 0.29) is 11.5 Å². The molecule has 0 aromatic heterocycles. The van der Waals surface area contributed by atoms with Crippen LogP contribution in [0.1, 0.15) is 27.2 Å². The number of carbonyl (C=O) groups is 1. The summed E-state index contributed by atoms with van der Waals surface area (Å²) in [5.41, 5.74) is -0.160. The maximum absolute atomic E-state index is 11.6. The van der Waals surface area contributed by atoms with Gasteiger partial charge in [0.05, 0.1) is 13.2 Å². The van der Waals surface area contributed by atoms with Crippen LogP contribution in [-0.2, 0) is 9.47 Å². The van der Waals surface area contributed by atoms with Crippen molar-refractivity contribution in [1.29, 1.82) is 0 Å². The van der Waals surface area contributed by atoms with Gasteiger partial charge in [0, 0.05) is 18.5 Å². The quantitative estimate of drug-likeness (QED) is 0.778. The molecule has 0 aromatic rings. The number of hydrogen-bond donors (Lipinski definition) is 2. The van der Waals surface area contributed by atoms with E-state index in [2.05, 4.69) is 10.6 Å². The minimum atomic E-state index is -0.438. The van der Waals surface area contributed by atoms with Crippen LogP contribution in [0.2, 0.25) is 0 Å². The smallest absolute Gasteiger partial charge is 0.407 e. The number of piperidine rings is 1. The highest BCUT2D eigenvalue weighted by atomic mass is 16.6. The molecule has 5 nitrogen and oxygen atoms in total. The van der Waals surface area contributed by atoms with E-state index in [9.17, 15) is 4.79 Å². The van der Waals surface area contributed by atoms with Gasteiger partial charge in [0.2, 0.25) is 0 Å². The first kappa shape index (κ1) is 13.6. The maximum Gasteiger partial charge on any atom is 0.407 e. The molecule has 0 saturated carbocycles. The van der Waals surface area contributed by atoms with E-state index in [0.29, 0.717) is 12.5 Å². The van der Waals surface area contributed by atoms with Crippen LogP contribution >= 0.6 is 0 Å². The Hall–Kier alpha value is -0.810. The Labute approximate surface area is 109 Å². The largest absolute Gasteiger partial charge is 0.444 e. The van der Waals surface area contributed by atoms with Gasteiger partial charge in [-0.25, -0.2) is 4.79 Å². The summed E-state index contributed by atoms with van der Waals surface area (Å²) in [5.74, 6) is 0.438. The molecular formula is C13H24N2O3. The van der Waals surface area contributed by atoms with Crippen molar-refractivity contribution in [2.24, 2.45) is 11.3 Å². The van der Waals surface area contributed by atoms with Gasteiger partial charge in [-0.3, -0.25) is 0 Å². The molecule has 1 unspecified atom stereocenters. The highest BCUT2D eigenvalue weighted by molar-refractivity contribution is 5.67. The summed E-state index contributed by atoms with van der Waals surface area (Å²) in [6.45, 7) is 9.92. The molecule has 0 aliphatic carbocycles. The van der Waals surface area contributed by atoms with Crippen molar-refractivity contribution >= 4 is 6.09 Å². The molecule has 2 N–H and O–H groups in total. The van der Waals surface area contributed by atoms with E-state index in [1.54, 1.807) is 0 Å². The molecule has 2 heterocycles. The molecule has 5 heteroatoms. The Bertz CT molecular complexity index is 308. The zero-order valence-electron chi connectivity index (χ0n) is 11.5. The molecule has 1 amide bonds. The normalized spacial score (nSPS) is 26.5. The predicted octanol–water partition coefficient (Wildman–Crippen LogP) is 1.14. The van der Waals surface area contributed by atoms with Crippen LogP contribution in [0.3, 0.4) is 0 Å². The average molecular weight is 256 g/mol. The Morgan fingerprint density at radius 2 is 2.22 bits per heavy atom. The fraction of sp³-hybridized carbons (Fsp3) is 0.923. The monoisotopic (exact) mass is 256 g/mol. The van der Waals surface area contributed by atoms with Crippen molar-refractivity contribution < 1.29 is 14.3 Å². The van der Waals surface area contributed by atoms with Crippen LogP contribution in [0.4, 0.5) is 4.79 Å². The number of hydrogen-bond acceptors (Lipinski definition) is 4. The second-order valence-electron chi connectivity index (χ2n) is 6.39. The van der Waals surface area contributed by atoms with Crippen molar-refractivity contribution in [3.05, 3.63) is 0 Å². The number of alkyl carbamates (subject to hydrolysis) is 1. The molecule has 2 saturated heterocycles. The van der Waals surface area contributed by atoms with Crippen molar-refractivity contribution in [2.75, 3.05) is 32.8 Å². The van der Waals surface area contributed by atoms with Gasteiger partial charge in [-0.15, -0.1) is 0 Å². The molecule has 104 valence electrons. The molecule has 2 fully saturated rings. The third-order valence-electron chi connectivity index (χ3n) is 3.73. The highest BCUT2D eigenvalue weighted by Gasteiger charge is 2.46. The molecule has 2 aliphatic heterocycles. The van der Waals surface area contributed by atoms with Crippen molar-refractivity contribution in [3.63, 3.8) is 0 Å². The van der Waals surface area contributed by atoms with Gasteiger partial charge in [-0.1, -0.05) is 0 Å². The highest BCUT2D eigenvalue weighted by Crippen LogP contribution is 2.40. The van der Waals surface area contributed by atoms with Crippen LogP contribution in [0.15, 0.2) is 0 Å². The molecule has 2 rings (SSSR count). The summed E-state index contributed by atoms with van der Waals surface area (Å²) in [6.07, 6.45) is 0.802. The van der Waals surface area contributed by atoms with Crippen LogP contribution in [0, 0.1) is 11.3 Å². The van der Waals surface area contributed by atoms with Gasteiger partial charge < -0.3 is 20.1 Å². The van der Waals surface area contributed by atoms with Crippen molar-refractivity contribution in [1.82, 2.24) is 10.6 Å². The number of rotatable bonds is 2. The van der Waals surface area contributed by atoms with Crippen LogP contribution in [-0.4, -0.2) is 44.5 Å². The summed E-state index contributed by atoms with van der Waals surface area (Å²) < 4.78 is 10.6. The van der Waals surface area contributed by atoms with E-state index in [1.165, 1.54) is 0 Å². The van der Waals surface area contributed by atoms with Gasteiger partial charge >= 0.3 is 6.09 Å². The summed E-state index contributed by atoms with van der Waals surface area (Å²) in [5, 5.41) is 6.26. The second-order valence-corrected chi connectivity index (χ2v) is 6.39. The van der Waals surface area contributed by atoms with Gasteiger partial charge in [0.15, 0.2) is 0 Å². The first-order chi connectivity index (χ1) is 8.41. The number of nitrogens with one attached hydrogen (secondary N) is 2. The Morgan fingerprint density at radius 1 is 1.50 bits per heavy atom. The summed E-state index contributed by atoms with van der Waals surface area (Å²) in [6, 6.07) is 0. The third-order valence-corrected chi connectivity index (χ3v) is 3.73. The zero-order chi connectivity index (χ0) is 13.2. The topological polar surface area (TPSA) is 59.6 Å². The first-order valence-corrected chi connectivity index (χ1v) is 6.67. The lowest BCUT2D eigenvalue weighted by Crippen LogP contribution is -2.59. The van der Waals surface area contributed by atoms with Crippen LogP contribution < -0.4 is 10.6 Å². The molecule has 18 heavy (non-hydrogen) atoms. The third kappa shape index (κ3) is 3.14. The number of ether oxygens (including phenoxy) is 2. The van der Waals surface area contributed by atoms with E-state index in [0.717, 1.165) is 32.7 Å². The second kappa shape index (κ2) is 5.05. The Balaban J connectivity index is 1.80. The van der Waals surface area contributed by atoms with Gasteiger partial charge in [-0.2, -0.15) is 0 Å².